The standard InChI is InChI=1S/C17H21N3O4S/c1-19(2)13-3-7-15(8-4-13)24-25(22,23)16-9-5-14(6-10-16)20-12-11-18-17(20)21/h3-10,17-18,21H,11-12H2,1-2H3. The molecule has 1 aliphatic heterocycles. The van der Waals surface area contributed by atoms with Crippen molar-refractivity contribution >= 4 is 21.5 Å². The lowest BCUT2D eigenvalue weighted by atomic mass is 10.3. The lowest BCUT2D eigenvalue weighted by Gasteiger charge is -2.21. The fourth-order valence-corrected chi connectivity index (χ4v) is 3.53. The minimum Gasteiger partial charge on any atom is -0.379 e. The second-order valence-electron chi connectivity index (χ2n) is 5.94. The summed E-state index contributed by atoms with van der Waals surface area (Å²) in [7, 11) is -0.103. The molecule has 0 aromatic heterocycles. The summed E-state index contributed by atoms with van der Waals surface area (Å²) in [4.78, 5) is 3.73. The topological polar surface area (TPSA) is 82.1 Å². The number of anilines is 2. The lowest BCUT2D eigenvalue weighted by Crippen LogP contribution is -2.35. The van der Waals surface area contributed by atoms with Crippen molar-refractivity contribution in [2.75, 3.05) is 37.0 Å². The summed E-state index contributed by atoms with van der Waals surface area (Å²) >= 11 is 0. The van der Waals surface area contributed by atoms with Crippen molar-refractivity contribution in [3.8, 4) is 5.75 Å². The molecule has 0 aliphatic carbocycles. The Hall–Kier alpha value is -2.29. The lowest BCUT2D eigenvalue weighted by molar-refractivity contribution is 0.163. The number of benzene rings is 2. The first kappa shape index (κ1) is 17.5. The Morgan fingerprint density at radius 2 is 1.76 bits per heavy atom. The first-order chi connectivity index (χ1) is 11.9. The molecule has 1 fully saturated rings. The van der Waals surface area contributed by atoms with Gasteiger partial charge in [0.2, 0.25) is 0 Å². The molecule has 1 unspecified atom stereocenters. The van der Waals surface area contributed by atoms with Crippen LogP contribution < -0.4 is 19.3 Å². The molecule has 0 radical (unpaired) electrons. The van der Waals surface area contributed by atoms with Gasteiger partial charge in [-0.25, -0.2) is 0 Å². The van der Waals surface area contributed by atoms with Crippen LogP contribution in [0.15, 0.2) is 53.4 Å². The van der Waals surface area contributed by atoms with E-state index in [4.69, 9.17) is 4.18 Å². The summed E-state index contributed by atoms with van der Waals surface area (Å²) in [5.41, 5.74) is 1.69. The van der Waals surface area contributed by atoms with Crippen LogP contribution in [-0.4, -0.2) is 47.1 Å². The average molecular weight is 363 g/mol. The summed E-state index contributed by atoms with van der Waals surface area (Å²) in [6.07, 6.45) is -0.756. The van der Waals surface area contributed by atoms with Crippen molar-refractivity contribution in [2.24, 2.45) is 0 Å². The van der Waals surface area contributed by atoms with E-state index in [2.05, 4.69) is 5.32 Å². The second kappa shape index (κ2) is 6.91. The second-order valence-corrected chi connectivity index (χ2v) is 7.49. The summed E-state index contributed by atoms with van der Waals surface area (Å²) < 4.78 is 30.0. The van der Waals surface area contributed by atoms with Crippen molar-refractivity contribution in [1.29, 1.82) is 0 Å². The molecule has 2 aromatic carbocycles. The predicted octanol–water partition coefficient (Wildman–Crippen LogP) is 1.21. The monoisotopic (exact) mass is 363 g/mol. The van der Waals surface area contributed by atoms with E-state index in [0.717, 1.165) is 11.4 Å². The third kappa shape index (κ3) is 3.87. The van der Waals surface area contributed by atoms with Crippen LogP contribution in [0.5, 0.6) is 5.75 Å². The first-order valence-electron chi connectivity index (χ1n) is 7.87. The highest BCUT2D eigenvalue weighted by Crippen LogP contribution is 2.24. The van der Waals surface area contributed by atoms with Gasteiger partial charge in [0.1, 0.15) is 10.6 Å². The van der Waals surface area contributed by atoms with E-state index < -0.39 is 16.5 Å². The maximum absolute atomic E-state index is 12.4. The molecule has 2 aromatic rings. The molecule has 134 valence electrons. The van der Waals surface area contributed by atoms with Crippen molar-refractivity contribution in [1.82, 2.24) is 5.32 Å². The van der Waals surface area contributed by atoms with Crippen LogP contribution in [0.2, 0.25) is 0 Å². The molecule has 1 atom stereocenters. The van der Waals surface area contributed by atoms with Gasteiger partial charge >= 0.3 is 10.1 Å². The molecule has 1 heterocycles. The fraction of sp³-hybridized carbons (Fsp3) is 0.294. The van der Waals surface area contributed by atoms with Crippen molar-refractivity contribution in [2.45, 2.75) is 11.2 Å². The highest BCUT2D eigenvalue weighted by molar-refractivity contribution is 7.87. The molecule has 7 nitrogen and oxygen atoms in total. The SMILES string of the molecule is CN(C)c1ccc(OS(=O)(=O)c2ccc(N3CCNC3O)cc2)cc1. The predicted molar refractivity (Wildman–Crippen MR) is 96.4 cm³/mol. The maximum Gasteiger partial charge on any atom is 0.339 e. The number of hydrogen-bond donors (Lipinski definition) is 2. The molecule has 0 bridgehead atoms. The van der Waals surface area contributed by atoms with Crippen molar-refractivity contribution < 1.29 is 17.7 Å². The molecule has 2 N–H and O–H groups in total. The minimum atomic E-state index is -3.91. The summed E-state index contributed by atoms with van der Waals surface area (Å²) in [6.45, 7) is 1.33. The summed E-state index contributed by atoms with van der Waals surface area (Å²) in [5.74, 6) is 0.258. The zero-order chi connectivity index (χ0) is 18.0. The van der Waals surface area contributed by atoms with Gasteiger partial charge in [-0.15, -0.1) is 0 Å². The minimum absolute atomic E-state index is 0.0644. The Kier molecular flexibility index (Phi) is 4.85. The van der Waals surface area contributed by atoms with Gasteiger partial charge in [-0.3, -0.25) is 5.32 Å². The molecule has 8 heteroatoms. The molecule has 25 heavy (non-hydrogen) atoms. The van der Waals surface area contributed by atoms with Crippen LogP contribution in [0.3, 0.4) is 0 Å². The Labute approximate surface area is 147 Å². The van der Waals surface area contributed by atoms with Crippen LogP contribution in [0, 0.1) is 0 Å². The van der Waals surface area contributed by atoms with Crippen LogP contribution in [0.25, 0.3) is 0 Å². The van der Waals surface area contributed by atoms with E-state index in [9.17, 15) is 13.5 Å². The van der Waals surface area contributed by atoms with Gasteiger partial charge in [0.25, 0.3) is 0 Å². The van der Waals surface area contributed by atoms with E-state index in [-0.39, 0.29) is 10.6 Å². The molecule has 3 rings (SSSR count). The Balaban J connectivity index is 1.75. The van der Waals surface area contributed by atoms with Gasteiger partial charge < -0.3 is 19.1 Å². The van der Waals surface area contributed by atoms with E-state index in [1.807, 2.05) is 19.0 Å². The smallest absolute Gasteiger partial charge is 0.339 e. The van der Waals surface area contributed by atoms with Crippen molar-refractivity contribution in [3.05, 3.63) is 48.5 Å². The Morgan fingerprint density at radius 3 is 2.28 bits per heavy atom. The molecule has 1 saturated heterocycles. The normalized spacial score (nSPS) is 17.6. The number of rotatable bonds is 5. The molecular weight excluding hydrogens is 342 g/mol. The first-order valence-corrected chi connectivity index (χ1v) is 9.28. The molecule has 0 amide bonds. The van der Waals surface area contributed by atoms with Gasteiger partial charge in [0.05, 0.1) is 0 Å². The number of nitrogens with zero attached hydrogens (tertiary/aromatic N) is 2. The largest absolute Gasteiger partial charge is 0.379 e. The van der Waals surface area contributed by atoms with Gasteiger partial charge in [0, 0.05) is 38.6 Å². The van der Waals surface area contributed by atoms with E-state index in [1.54, 1.807) is 41.3 Å². The maximum atomic E-state index is 12.4. The van der Waals surface area contributed by atoms with E-state index in [0.29, 0.717) is 13.1 Å². The van der Waals surface area contributed by atoms with E-state index >= 15 is 0 Å². The van der Waals surface area contributed by atoms with Crippen molar-refractivity contribution in [3.63, 3.8) is 0 Å². The number of hydrogen-bond acceptors (Lipinski definition) is 7. The highest BCUT2D eigenvalue weighted by atomic mass is 32.2. The average Bonchev–Trinajstić information content (AvgIpc) is 3.01. The van der Waals surface area contributed by atoms with Crippen LogP contribution >= 0.6 is 0 Å². The van der Waals surface area contributed by atoms with Gasteiger partial charge in [-0.05, 0) is 48.5 Å². The van der Waals surface area contributed by atoms with Crippen LogP contribution in [0.1, 0.15) is 0 Å². The van der Waals surface area contributed by atoms with Crippen LogP contribution in [0.4, 0.5) is 11.4 Å². The molecule has 0 saturated carbocycles. The molecule has 1 aliphatic rings. The third-order valence-corrected chi connectivity index (χ3v) is 5.25. The highest BCUT2D eigenvalue weighted by Gasteiger charge is 2.23. The molecule has 0 spiro atoms. The summed E-state index contributed by atoms with van der Waals surface area (Å²) in [5, 5.41) is 12.7. The zero-order valence-electron chi connectivity index (χ0n) is 14.1. The number of aliphatic hydroxyl groups is 1. The van der Waals surface area contributed by atoms with Gasteiger partial charge in [-0.1, -0.05) is 0 Å². The van der Waals surface area contributed by atoms with E-state index in [1.165, 1.54) is 12.1 Å². The number of nitrogens with one attached hydrogen (secondary N) is 1. The Morgan fingerprint density at radius 1 is 1.12 bits per heavy atom. The quantitative estimate of drug-likeness (QED) is 0.773. The van der Waals surface area contributed by atoms with Gasteiger partial charge in [0.15, 0.2) is 6.35 Å². The zero-order valence-corrected chi connectivity index (χ0v) is 14.9. The van der Waals surface area contributed by atoms with Crippen LogP contribution in [-0.2, 0) is 10.1 Å². The Bertz CT molecular complexity index is 820. The third-order valence-electron chi connectivity index (χ3n) is 3.99. The number of aliphatic hydroxyl groups excluding tert-OH is 1. The molecular formula is C17H21N3O4S. The van der Waals surface area contributed by atoms with Gasteiger partial charge in [-0.2, -0.15) is 8.42 Å². The summed E-state index contributed by atoms with van der Waals surface area (Å²) in [6, 6.07) is 13.1. The fourth-order valence-electron chi connectivity index (χ4n) is 2.60.